The first-order valence-corrected chi connectivity index (χ1v) is 8.34. The third kappa shape index (κ3) is 6.00. The molecule has 2 aromatic rings. The number of imide groups is 1. The number of ether oxygens (including phenoxy) is 3. The highest BCUT2D eigenvalue weighted by molar-refractivity contribution is 6.32. The first-order valence-electron chi connectivity index (χ1n) is 7.96. The maximum Gasteiger partial charge on any atom is 0.413 e. The predicted molar refractivity (Wildman–Crippen MR) is 98.5 cm³/mol. The summed E-state index contributed by atoms with van der Waals surface area (Å²) in [5.41, 5.74) is 1.90. The van der Waals surface area contributed by atoms with Crippen molar-refractivity contribution in [2.45, 2.75) is 13.0 Å². The molecule has 0 aliphatic carbocycles. The number of esters is 1. The van der Waals surface area contributed by atoms with Crippen LogP contribution in [0.5, 0.6) is 5.75 Å². The molecule has 0 unspecified atom stereocenters. The van der Waals surface area contributed by atoms with Gasteiger partial charge in [-0.15, -0.1) is 0 Å². The Bertz CT molecular complexity index is 824. The van der Waals surface area contributed by atoms with Gasteiger partial charge in [0, 0.05) is 0 Å². The third-order valence-corrected chi connectivity index (χ3v) is 3.77. The SMILES string of the molecule is COC(=O)NC(=O)[C@@H](C)OC(=O)COc1ccc(-c2ccccc2)cc1Cl. The van der Waals surface area contributed by atoms with Crippen molar-refractivity contribution in [3.63, 3.8) is 0 Å². The van der Waals surface area contributed by atoms with E-state index in [0.29, 0.717) is 10.8 Å². The lowest BCUT2D eigenvalue weighted by Gasteiger charge is -2.13. The van der Waals surface area contributed by atoms with Gasteiger partial charge in [-0.3, -0.25) is 10.1 Å². The molecule has 2 amide bonds. The molecule has 0 aliphatic rings. The average Bonchev–Trinajstić information content (AvgIpc) is 2.67. The Hall–Kier alpha value is -3.06. The number of amides is 2. The molecule has 1 N–H and O–H groups in total. The van der Waals surface area contributed by atoms with Crippen LogP contribution in [-0.4, -0.2) is 37.8 Å². The highest BCUT2D eigenvalue weighted by Gasteiger charge is 2.20. The number of methoxy groups -OCH3 is 1. The van der Waals surface area contributed by atoms with Crippen LogP contribution in [0.3, 0.4) is 0 Å². The number of hydrogen-bond acceptors (Lipinski definition) is 6. The zero-order chi connectivity index (χ0) is 19.8. The van der Waals surface area contributed by atoms with E-state index in [-0.39, 0.29) is 0 Å². The van der Waals surface area contributed by atoms with Crippen LogP contribution < -0.4 is 10.1 Å². The molecule has 0 fully saturated rings. The lowest BCUT2D eigenvalue weighted by Crippen LogP contribution is -2.40. The molecule has 2 rings (SSSR count). The van der Waals surface area contributed by atoms with Crippen LogP contribution in [0.4, 0.5) is 4.79 Å². The van der Waals surface area contributed by atoms with Gasteiger partial charge in [0.05, 0.1) is 12.1 Å². The van der Waals surface area contributed by atoms with Crippen LogP contribution >= 0.6 is 11.6 Å². The van der Waals surface area contributed by atoms with Crippen molar-refractivity contribution >= 4 is 29.6 Å². The van der Waals surface area contributed by atoms with Gasteiger partial charge in [-0.25, -0.2) is 9.59 Å². The van der Waals surface area contributed by atoms with Gasteiger partial charge in [0.1, 0.15) is 5.75 Å². The molecule has 0 bridgehead atoms. The van der Waals surface area contributed by atoms with Gasteiger partial charge in [-0.05, 0) is 30.2 Å². The van der Waals surface area contributed by atoms with Crippen LogP contribution in [0.25, 0.3) is 11.1 Å². The van der Waals surface area contributed by atoms with Crippen molar-refractivity contribution in [1.29, 1.82) is 0 Å². The fourth-order valence-corrected chi connectivity index (χ4v) is 2.34. The summed E-state index contributed by atoms with van der Waals surface area (Å²) in [5, 5.41) is 2.23. The summed E-state index contributed by atoms with van der Waals surface area (Å²) in [6.45, 7) is 0.873. The first kappa shape index (κ1) is 20.3. The Labute approximate surface area is 161 Å². The maximum absolute atomic E-state index is 11.8. The minimum atomic E-state index is -1.18. The molecule has 0 saturated carbocycles. The lowest BCUT2D eigenvalue weighted by atomic mass is 10.1. The number of carbonyl (C=O) groups is 3. The van der Waals surface area contributed by atoms with E-state index in [4.69, 9.17) is 21.1 Å². The third-order valence-electron chi connectivity index (χ3n) is 3.47. The Morgan fingerprint density at radius 2 is 1.78 bits per heavy atom. The average molecular weight is 392 g/mol. The monoisotopic (exact) mass is 391 g/mol. The molecule has 0 aromatic heterocycles. The van der Waals surface area contributed by atoms with Gasteiger partial charge in [0.2, 0.25) is 0 Å². The van der Waals surface area contributed by atoms with Crippen molar-refractivity contribution in [3.8, 4) is 16.9 Å². The van der Waals surface area contributed by atoms with E-state index in [1.807, 2.05) is 41.7 Å². The van der Waals surface area contributed by atoms with E-state index in [1.54, 1.807) is 12.1 Å². The molecule has 1 atom stereocenters. The molecule has 0 heterocycles. The molecule has 8 heteroatoms. The predicted octanol–water partition coefficient (Wildman–Crippen LogP) is 3.20. The molecule has 142 valence electrons. The Kier molecular flexibility index (Phi) is 7.19. The molecular weight excluding hydrogens is 374 g/mol. The molecule has 0 radical (unpaired) electrons. The van der Waals surface area contributed by atoms with Crippen molar-refractivity contribution in [2.24, 2.45) is 0 Å². The van der Waals surface area contributed by atoms with E-state index >= 15 is 0 Å². The van der Waals surface area contributed by atoms with Gasteiger partial charge in [0.15, 0.2) is 12.7 Å². The summed E-state index contributed by atoms with van der Waals surface area (Å²) < 4.78 is 14.5. The van der Waals surface area contributed by atoms with Crippen LogP contribution in [-0.2, 0) is 19.1 Å². The number of carbonyl (C=O) groups excluding carboxylic acids is 3. The van der Waals surface area contributed by atoms with Gasteiger partial charge in [0.25, 0.3) is 5.91 Å². The van der Waals surface area contributed by atoms with E-state index in [0.717, 1.165) is 18.2 Å². The van der Waals surface area contributed by atoms with Crippen LogP contribution in [0.15, 0.2) is 48.5 Å². The molecule has 7 nitrogen and oxygen atoms in total. The number of rotatable bonds is 6. The Balaban J connectivity index is 1.89. The normalized spacial score (nSPS) is 11.2. The highest BCUT2D eigenvalue weighted by atomic mass is 35.5. The van der Waals surface area contributed by atoms with Gasteiger partial charge >= 0.3 is 12.1 Å². The zero-order valence-corrected chi connectivity index (χ0v) is 15.5. The first-order chi connectivity index (χ1) is 12.9. The van der Waals surface area contributed by atoms with Crippen LogP contribution in [0.2, 0.25) is 5.02 Å². The van der Waals surface area contributed by atoms with Gasteiger partial charge < -0.3 is 14.2 Å². The van der Waals surface area contributed by atoms with Gasteiger partial charge in [-0.2, -0.15) is 0 Å². The van der Waals surface area contributed by atoms with E-state index in [2.05, 4.69) is 4.74 Å². The zero-order valence-electron chi connectivity index (χ0n) is 14.7. The van der Waals surface area contributed by atoms with E-state index in [9.17, 15) is 14.4 Å². The molecule has 2 aromatic carbocycles. The molecular formula is C19H18ClNO6. The molecule has 0 saturated heterocycles. The number of benzene rings is 2. The molecule has 0 aliphatic heterocycles. The van der Waals surface area contributed by atoms with Crippen molar-refractivity contribution in [1.82, 2.24) is 5.32 Å². The number of hydrogen-bond donors (Lipinski definition) is 1. The van der Waals surface area contributed by atoms with E-state index in [1.165, 1.54) is 6.92 Å². The largest absolute Gasteiger partial charge is 0.480 e. The van der Waals surface area contributed by atoms with Crippen LogP contribution in [0.1, 0.15) is 6.92 Å². The molecule has 27 heavy (non-hydrogen) atoms. The standard InChI is InChI=1S/C19H18ClNO6/c1-12(18(23)21-19(24)25-2)27-17(22)11-26-16-9-8-14(10-15(16)20)13-6-4-3-5-7-13/h3-10,12H,11H2,1-2H3,(H,21,23,24)/t12-/m1/s1. The van der Waals surface area contributed by atoms with Crippen molar-refractivity contribution in [3.05, 3.63) is 53.6 Å². The minimum Gasteiger partial charge on any atom is -0.480 e. The number of halogens is 1. The van der Waals surface area contributed by atoms with Crippen molar-refractivity contribution in [2.75, 3.05) is 13.7 Å². The summed E-state index contributed by atoms with van der Waals surface area (Å²) in [7, 11) is 1.11. The fourth-order valence-electron chi connectivity index (χ4n) is 2.10. The summed E-state index contributed by atoms with van der Waals surface area (Å²) in [4.78, 5) is 34.4. The van der Waals surface area contributed by atoms with Gasteiger partial charge in [-0.1, -0.05) is 48.0 Å². The summed E-state index contributed by atoms with van der Waals surface area (Å²) in [5.74, 6) is -1.29. The smallest absolute Gasteiger partial charge is 0.413 e. The number of alkyl carbamates (subject to hydrolysis) is 1. The lowest BCUT2D eigenvalue weighted by molar-refractivity contribution is -0.156. The summed E-state index contributed by atoms with van der Waals surface area (Å²) in [6, 6.07) is 14.8. The summed E-state index contributed by atoms with van der Waals surface area (Å²) in [6.07, 6.45) is -2.12. The highest BCUT2D eigenvalue weighted by Crippen LogP contribution is 2.30. The van der Waals surface area contributed by atoms with Crippen LogP contribution in [0, 0.1) is 0 Å². The van der Waals surface area contributed by atoms with Crippen molar-refractivity contribution < 1.29 is 28.6 Å². The topological polar surface area (TPSA) is 90.9 Å². The van der Waals surface area contributed by atoms with E-state index < -0.39 is 30.7 Å². The molecule has 0 spiro atoms. The Morgan fingerprint density at radius 1 is 1.07 bits per heavy atom. The summed E-state index contributed by atoms with van der Waals surface area (Å²) >= 11 is 6.20. The second-order valence-corrected chi connectivity index (χ2v) is 5.82. The second-order valence-electron chi connectivity index (χ2n) is 5.41. The Morgan fingerprint density at radius 3 is 2.41 bits per heavy atom. The number of nitrogens with one attached hydrogen (secondary N) is 1. The minimum absolute atomic E-state index is 0.306. The maximum atomic E-state index is 11.8. The fraction of sp³-hybridized carbons (Fsp3) is 0.211. The quantitative estimate of drug-likeness (QED) is 0.760. The second kappa shape index (κ2) is 9.59.